The molecule has 0 spiro atoms. The second-order valence-corrected chi connectivity index (χ2v) is 8.57. The fraction of sp³-hybridized carbons (Fsp3) is 0.900. The van der Waals surface area contributed by atoms with E-state index >= 15 is 0 Å². The average molecular weight is 382 g/mol. The van der Waals surface area contributed by atoms with Gasteiger partial charge in [-0.15, -0.1) is 0 Å². The van der Waals surface area contributed by atoms with E-state index in [0.717, 1.165) is 57.9 Å². The normalized spacial score (nSPS) is 27.7. The summed E-state index contributed by atoms with van der Waals surface area (Å²) >= 11 is 0. The van der Waals surface area contributed by atoms with Crippen molar-refractivity contribution >= 4 is 11.9 Å². The number of aliphatic imine (C=N–C) groups is 1. The van der Waals surface area contributed by atoms with E-state index in [1.165, 1.54) is 6.42 Å². The Hall–Kier alpha value is -1.34. The lowest BCUT2D eigenvalue weighted by molar-refractivity contribution is -0.123. The lowest BCUT2D eigenvalue weighted by Gasteiger charge is -2.39. The van der Waals surface area contributed by atoms with Crippen molar-refractivity contribution in [3.05, 3.63) is 0 Å². The number of piperazine rings is 1. The van der Waals surface area contributed by atoms with Crippen molar-refractivity contribution < 1.29 is 9.90 Å². The Balaban J connectivity index is 1.89. The minimum absolute atomic E-state index is 0.0956. The largest absolute Gasteiger partial charge is 0.392 e. The number of amides is 1. The topological polar surface area (TPSA) is 80.2 Å². The molecule has 156 valence electrons. The number of nitrogens with one attached hydrogen (secondary N) is 2. The van der Waals surface area contributed by atoms with Gasteiger partial charge in [0, 0.05) is 44.2 Å². The predicted octanol–water partition coefficient (Wildman–Crippen LogP) is 1.04. The average Bonchev–Trinajstić information content (AvgIpc) is 2.61. The van der Waals surface area contributed by atoms with Crippen LogP contribution in [0.1, 0.15) is 53.4 Å². The fourth-order valence-corrected chi connectivity index (χ4v) is 3.94. The van der Waals surface area contributed by atoms with Crippen LogP contribution >= 0.6 is 0 Å². The van der Waals surface area contributed by atoms with E-state index in [1.54, 1.807) is 0 Å². The van der Waals surface area contributed by atoms with E-state index in [4.69, 9.17) is 4.99 Å². The van der Waals surface area contributed by atoms with Crippen molar-refractivity contribution in [2.45, 2.75) is 65.5 Å². The summed E-state index contributed by atoms with van der Waals surface area (Å²) in [5.41, 5.74) is -0.115. The Labute approximate surface area is 164 Å². The zero-order chi connectivity index (χ0) is 19.9. The van der Waals surface area contributed by atoms with Gasteiger partial charge in [0.25, 0.3) is 0 Å². The van der Waals surface area contributed by atoms with Crippen LogP contribution in [0.25, 0.3) is 0 Å². The van der Waals surface area contributed by atoms with E-state index in [1.807, 2.05) is 13.8 Å². The highest BCUT2D eigenvalue weighted by Crippen LogP contribution is 2.36. The van der Waals surface area contributed by atoms with E-state index in [-0.39, 0.29) is 23.5 Å². The van der Waals surface area contributed by atoms with Crippen LogP contribution in [0, 0.1) is 5.41 Å². The summed E-state index contributed by atoms with van der Waals surface area (Å²) in [6.45, 7) is 13.6. The number of aliphatic hydroxyl groups is 1. The molecule has 2 unspecified atom stereocenters. The van der Waals surface area contributed by atoms with Crippen LogP contribution in [-0.2, 0) is 4.79 Å². The van der Waals surface area contributed by atoms with Crippen molar-refractivity contribution in [3.63, 3.8) is 0 Å². The summed E-state index contributed by atoms with van der Waals surface area (Å²) in [5, 5.41) is 16.8. The molecule has 2 fully saturated rings. The number of hydrogen-bond acceptors (Lipinski definition) is 4. The summed E-state index contributed by atoms with van der Waals surface area (Å²) in [4.78, 5) is 21.3. The van der Waals surface area contributed by atoms with E-state index in [9.17, 15) is 9.90 Å². The molecule has 27 heavy (non-hydrogen) atoms. The van der Waals surface area contributed by atoms with Gasteiger partial charge in [-0.2, -0.15) is 0 Å². The minimum Gasteiger partial charge on any atom is -0.392 e. The minimum atomic E-state index is -0.255. The van der Waals surface area contributed by atoms with Gasteiger partial charge in [-0.3, -0.25) is 14.7 Å². The van der Waals surface area contributed by atoms with Crippen LogP contribution in [0.15, 0.2) is 4.99 Å². The van der Waals surface area contributed by atoms with E-state index in [2.05, 4.69) is 34.3 Å². The van der Waals surface area contributed by atoms with Gasteiger partial charge in [-0.25, -0.2) is 0 Å². The molecule has 2 aliphatic rings. The molecular formula is C20H39N5O2. The summed E-state index contributed by atoms with van der Waals surface area (Å²) in [6.07, 6.45) is 3.97. The molecule has 3 N–H and O–H groups in total. The molecule has 1 heterocycles. The molecule has 1 amide bonds. The van der Waals surface area contributed by atoms with Crippen LogP contribution in [0.3, 0.4) is 0 Å². The van der Waals surface area contributed by atoms with Gasteiger partial charge >= 0.3 is 0 Å². The van der Waals surface area contributed by atoms with Crippen LogP contribution in [0.4, 0.5) is 0 Å². The number of aliphatic hydroxyl groups excluding tert-OH is 1. The van der Waals surface area contributed by atoms with Crippen LogP contribution in [-0.4, -0.2) is 84.7 Å². The third kappa shape index (κ3) is 6.64. The Kier molecular flexibility index (Phi) is 8.35. The standard InChI is InChI=1S/C20H39N5O2/c1-5-21-19(22-15-20(4)9-7-6-8-17(20)26)25-12-10-24(11-13-25)14-18(27)23-16(2)3/h16-17,26H,5-15H2,1-4H3,(H,21,22)(H,23,27). The maximum atomic E-state index is 12.0. The van der Waals surface area contributed by atoms with Crippen molar-refractivity contribution in [1.82, 2.24) is 20.4 Å². The number of hydrogen-bond donors (Lipinski definition) is 3. The smallest absolute Gasteiger partial charge is 0.234 e. The third-order valence-electron chi connectivity index (χ3n) is 5.69. The molecule has 0 aromatic rings. The molecule has 0 aromatic carbocycles. The SMILES string of the molecule is CCNC(=NCC1(C)CCCCC1O)N1CCN(CC(=O)NC(C)C)CC1. The lowest BCUT2D eigenvalue weighted by atomic mass is 9.73. The Bertz CT molecular complexity index is 503. The van der Waals surface area contributed by atoms with Gasteiger partial charge in [0.1, 0.15) is 0 Å². The second kappa shape index (κ2) is 10.3. The van der Waals surface area contributed by atoms with E-state index < -0.39 is 0 Å². The number of guanidine groups is 1. The summed E-state index contributed by atoms with van der Waals surface area (Å²) < 4.78 is 0. The van der Waals surface area contributed by atoms with Crippen molar-refractivity contribution in [2.75, 3.05) is 45.8 Å². The highest BCUT2D eigenvalue weighted by atomic mass is 16.3. The molecule has 0 radical (unpaired) electrons. The Morgan fingerprint density at radius 2 is 1.96 bits per heavy atom. The monoisotopic (exact) mass is 381 g/mol. The molecule has 1 saturated heterocycles. The first-order valence-electron chi connectivity index (χ1n) is 10.6. The lowest BCUT2D eigenvalue weighted by Crippen LogP contribution is -2.54. The molecule has 1 saturated carbocycles. The van der Waals surface area contributed by atoms with Gasteiger partial charge in [0.05, 0.1) is 19.2 Å². The zero-order valence-corrected chi connectivity index (χ0v) is 17.6. The molecule has 2 rings (SSSR count). The van der Waals surface area contributed by atoms with Crippen molar-refractivity contribution in [3.8, 4) is 0 Å². The van der Waals surface area contributed by atoms with Crippen LogP contribution in [0.2, 0.25) is 0 Å². The molecule has 7 heteroatoms. The number of carbonyl (C=O) groups excluding carboxylic acids is 1. The number of nitrogens with zero attached hydrogens (tertiary/aromatic N) is 3. The molecule has 1 aliphatic carbocycles. The maximum Gasteiger partial charge on any atom is 0.234 e. The number of rotatable bonds is 6. The van der Waals surface area contributed by atoms with E-state index in [0.29, 0.717) is 13.1 Å². The first kappa shape index (κ1) is 22.0. The Morgan fingerprint density at radius 3 is 2.56 bits per heavy atom. The highest BCUT2D eigenvalue weighted by molar-refractivity contribution is 5.80. The summed E-state index contributed by atoms with van der Waals surface area (Å²) in [7, 11) is 0. The first-order valence-corrected chi connectivity index (χ1v) is 10.6. The van der Waals surface area contributed by atoms with Crippen LogP contribution in [0.5, 0.6) is 0 Å². The predicted molar refractivity (Wildman–Crippen MR) is 110 cm³/mol. The third-order valence-corrected chi connectivity index (χ3v) is 5.69. The second-order valence-electron chi connectivity index (χ2n) is 8.57. The summed E-state index contributed by atoms with van der Waals surface area (Å²) in [5.74, 6) is 1.03. The zero-order valence-electron chi connectivity index (χ0n) is 17.6. The molecule has 0 aromatic heterocycles. The molecule has 1 aliphatic heterocycles. The molecule has 7 nitrogen and oxygen atoms in total. The van der Waals surface area contributed by atoms with Gasteiger partial charge in [-0.05, 0) is 33.6 Å². The number of carbonyl (C=O) groups is 1. The van der Waals surface area contributed by atoms with Gasteiger partial charge in [0.15, 0.2) is 5.96 Å². The maximum absolute atomic E-state index is 12.0. The molecule has 0 bridgehead atoms. The van der Waals surface area contributed by atoms with Crippen LogP contribution < -0.4 is 10.6 Å². The van der Waals surface area contributed by atoms with Gasteiger partial charge in [0.2, 0.25) is 5.91 Å². The summed E-state index contributed by atoms with van der Waals surface area (Å²) in [6, 6.07) is 0.183. The van der Waals surface area contributed by atoms with Gasteiger partial charge < -0.3 is 20.6 Å². The first-order chi connectivity index (χ1) is 12.8. The van der Waals surface area contributed by atoms with Crippen molar-refractivity contribution in [1.29, 1.82) is 0 Å². The Morgan fingerprint density at radius 1 is 1.26 bits per heavy atom. The van der Waals surface area contributed by atoms with Gasteiger partial charge in [-0.1, -0.05) is 19.8 Å². The quantitative estimate of drug-likeness (QED) is 0.473. The fourth-order valence-electron chi connectivity index (χ4n) is 3.94. The van der Waals surface area contributed by atoms with Crippen molar-refractivity contribution in [2.24, 2.45) is 10.4 Å². The molecular weight excluding hydrogens is 342 g/mol. The molecule has 2 atom stereocenters. The highest BCUT2D eigenvalue weighted by Gasteiger charge is 2.35.